The summed E-state index contributed by atoms with van der Waals surface area (Å²) in [5, 5.41) is 9.96. The van der Waals surface area contributed by atoms with E-state index in [4.69, 9.17) is 4.74 Å². The Morgan fingerprint density at radius 2 is 1.16 bits per heavy atom. The molecular formula is C43H29NO. The topological polar surface area (TPSA) is 14.2 Å². The molecule has 0 saturated carbocycles. The third-order valence-corrected chi connectivity index (χ3v) is 9.18. The lowest BCUT2D eigenvalue weighted by Crippen LogP contribution is -1.97. The molecule has 0 aliphatic carbocycles. The van der Waals surface area contributed by atoms with Crippen molar-refractivity contribution in [3.63, 3.8) is 0 Å². The van der Waals surface area contributed by atoms with Crippen molar-refractivity contribution in [3.8, 4) is 17.2 Å². The highest BCUT2D eigenvalue weighted by molar-refractivity contribution is 6.25. The van der Waals surface area contributed by atoms with Gasteiger partial charge in [-0.25, -0.2) is 0 Å². The first kappa shape index (κ1) is 25.6. The number of fused-ring (bicyclic) bond motifs is 11. The van der Waals surface area contributed by atoms with Crippen LogP contribution in [0.1, 0.15) is 11.1 Å². The molecule has 2 heteroatoms. The summed E-state index contributed by atoms with van der Waals surface area (Å²) < 4.78 is 9.12. The molecule has 0 saturated heterocycles. The van der Waals surface area contributed by atoms with Crippen LogP contribution < -0.4 is 4.74 Å². The summed E-state index contributed by atoms with van der Waals surface area (Å²) >= 11 is 0. The molecule has 7 aromatic carbocycles. The number of aromatic nitrogens is 1. The fourth-order valence-electron chi connectivity index (χ4n) is 7.07. The second-order valence-corrected chi connectivity index (χ2v) is 11.8. The predicted octanol–water partition coefficient (Wildman–Crippen LogP) is 11.7. The Balaban J connectivity index is 1.35. The van der Waals surface area contributed by atoms with E-state index in [0.717, 1.165) is 56.7 Å². The fourth-order valence-corrected chi connectivity index (χ4v) is 7.07. The number of benzene rings is 7. The molecule has 45 heavy (non-hydrogen) atoms. The summed E-state index contributed by atoms with van der Waals surface area (Å²) in [5.41, 5.74) is 6.44. The molecule has 0 radical (unpaired) electrons. The first-order valence-corrected chi connectivity index (χ1v) is 15.4. The Kier molecular flexibility index (Phi) is 5.76. The molecule has 0 spiro atoms. The van der Waals surface area contributed by atoms with Crippen molar-refractivity contribution in [1.29, 1.82) is 0 Å². The molecule has 9 rings (SSSR count). The second-order valence-electron chi connectivity index (χ2n) is 11.8. The molecule has 2 heterocycles. The van der Waals surface area contributed by atoms with Crippen LogP contribution in [0.2, 0.25) is 0 Å². The summed E-state index contributed by atoms with van der Waals surface area (Å²) in [6, 6.07) is 45.8. The highest BCUT2D eigenvalue weighted by Gasteiger charge is 2.19. The number of hydrogen-bond acceptors (Lipinski definition) is 1. The van der Waals surface area contributed by atoms with Crippen LogP contribution in [-0.4, -0.2) is 4.57 Å². The predicted molar refractivity (Wildman–Crippen MR) is 191 cm³/mol. The molecular weight excluding hydrogens is 546 g/mol. The highest BCUT2D eigenvalue weighted by Crippen LogP contribution is 2.42. The van der Waals surface area contributed by atoms with Crippen LogP contribution in [0, 0.1) is 0 Å². The number of hydrogen-bond donors (Lipinski definition) is 0. The summed E-state index contributed by atoms with van der Waals surface area (Å²) in [6.07, 6.45) is 9.19. The first-order valence-electron chi connectivity index (χ1n) is 15.4. The number of rotatable bonds is 1. The highest BCUT2D eigenvalue weighted by atomic mass is 16.5. The van der Waals surface area contributed by atoms with Crippen LogP contribution in [0.15, 0.2) is 158 Å². The van der Waals surface area contributed by atoms with Gasteiger partial charge in [0.1, 0.15) is 11.5 Å². The van der Waals surface area contributed by atoms with Gasteiger partial charge in [-0.1, -0.05) is 122 Å². The number of nitrogens with zero attached hydrogens (tertiary/aromatic N) is 1. The van der Waals surface area contributed by atoms with E-state index < -0.39 is 0 Å². The van der Waals surface area contributed by atoms with Crippen LogP contribution in [0.3, 0.4) is 0 Å². The van der Waals surface area contributed by atoms with Gasteiger partial charge < -0.3 is 9.30 Å². The smallest absolute Gasteiger partial charge is 0.136 e. The van der Waals surface area contributed by atoms with E-state index in [1.54, 1.807) is 0 Å². The van der Waals surface area contributed by atoms with Gasteiger partial charge >= 0.3 is 0 Å². The maximum Gasteiger partial charge on any atom is 0.136 e. The summed E-state index contributed by atoms with van der Waals surface area (Å²) in [6.45, 7) is 4.47. The molecule has 1 aliphatic heterocycles. The standard InChI is InChI=1S/C43H29NO/c1-28-13-3-2-4-14-29-15-5-12-22-42(29)45-43-27-39-36-20-10-11-21-40(36)44(41(39)26-37(28)43)30-23-24-35-33-18-7-6-16-31(33)32-17-8-9-19-34(32)38(35)25-30/h2-13,15-27H,1,14H2/b4-2-,13-3-. The SMILES string of the molecule is C=C1/C=C\C=C/Cc2ccccc2Oc2cc3c4ccccc4n(-c4ccc5c6ccccc6c6ccccc6c5c4)c3cc21. The van der Waals surface area contributed by atoms with E-state index in [2.05, 4.69) is 157 Å². The summed E-state index contributed by atoms with van der Waals surface area (Å²) in [5.74, 6) is 1.68. The van der Waals surface area contributed by atoms with Crippen molar-refractivity contribution in [2.24, 2.45) is 0 Å². The van der Waals surface area contributed by atoms with Gasteiger partial charge in [-0.05, 0) is 86.3 Å². The second kappa shape index (κ2) is 10.1. The van der Waals surface area contributed by atoms with Crippen molar-refractivity contribution in [2.45, 2.75) is 6.42 Å². The van der Waals surface area contributed by atoms with Gasteiger partial charge in [0.2, 0.25) is 0 Å². The lowest BCUT2D eigenvalue weighted by molar-refractivity contribution is 0.477. The molecule has 2 nitrogen and oxygen atoms in total. The van der Waals surface area contributed by atoms with Crippen LogP contribution in [-0.2, 0) is 6.42 Å². The van der Waals surface area contributed by atoms with Crippen LogP contribution in [0.25, 0.3) is 65.4 Å². The summed E-state index contributed by atoms with van der Waals surface area (Å²) in [4.78, 5) is 0. The van der Waals surface area contributed by atoms with Gasteiger partial charge in [0.25, 0.3) is 0 Å². The monoisotopic (exact) mass is 575 g/mol. The third kappa shape index (κ3) is 4.03. The van der Waals surface area contributed by atoms with Crippen molar-refractivity contribution >= 4 is 59.7 Å². The Morgan fingerprint density at radius 3 is 1.93 bits per heavy atom. The quantitative estimate of drug-likeness (QED) is 0.178. The first-order chi connectivity index (χ1) is 22.2. The maximum atomic E-state index is 6.72. The molecule has 212 valence electrons. The third-order valence-electron chi connectivity index (χ3n) is 9.18. The van der Waals surface area contributed by atoms with Gasteiger partial charge in [-0.15, -0.1) is 0 Å². The Morgan fingerprint density at radius 1 is 0.511 bits per heavy atom. The number of allylic oxidation sites excluding steroid dienone is 5. The molecule has 0 N–H and O–H groups in total. The summed E-state index contributed by atoms with van der Waals surface area (Å²) in [7, 11) is 0. The van der Waals surface area contributed by atoms with E-state index in [9.17, 15) is 0 Å². The molecule has 1 aromatic heterocycles. The van der Waals surface area contributed by atoms with Crippen molar-refractivity contribution < 1.29 is 4.74 Å². The Labute approximate surface area is 261 Å². The molecule has 8 aromatic rings. The van der Waals surface area contributed by atoms with E-state index in [1.165, 1.54) is 37.7 Å². The fraction of sp³-hybridized carbons (Fsp3) is 0.0233. The number of ether oxygens (including phenoxy) is 1. The molecule has 1 aliphatic rings. The minimum atomic E-state index is 0.801. The minimum Gasteiger partial charge on any atom is -0.456 e. The van der Waals surface area contributed by atoms with Crippen LogP contribution in [0.4, 0.5) is 0 Å². The molecule has 0 fully saturated rings. The molecule has 0 atom stereocenters. The minimum absolute atomic E-state index is 0.801. The van der Waals surface area contributed by atoms with Crippen molar-refractivity contribution in [1.82, 2.24) is 4.57 Å². The molecule has 0 amide bonds. The lowest BCUT2D eigenvalue weighted by atomic mass is 9.94. The maximum absolute atomic E-state index is 6.72. The van der Waals surface area contributed by atoms with Crippen LogP contribution >= 0.6 is 0 Å². The van der Waals surface area contributed by atoms with E-state index >= 15 is 0 Å². The average Bonchev–Trinajstić information content (AvgIpc) is 3.40. The van der Waals surface area contributed by atoms with Gasteiger partial charge in [-0.2, -0.15) is 0 Å². The van der Waals surface area contributed by atoms with Crippen LogP contribution in [0.5, 0.6) is 11.5 Å². The van der Waals surface area contributed by atoms with Gasteiger partial charge in [0.05, 0.1) is 11.0 Å². The zero-order chi connectivity index (χ0) is 29.9. The largest absolute Gasteiger partial charge is 0.456 e. The zero-order valence-corrected chi connectivity index (χ0v) is 24.7. The molecule has 0 unspecified atom stereocenters. The number of para-hydroxylation sites is 2. The average molecular weight is 576 g/mol. The van der Waals surface area contributed by atoms with Gasteiger partial charge in [0, 0.05) is 22.0 Å². The Bertz CT molecular complexity index is 2530. The molecule has 0 bridgehead atoms. The van der Waals surface area contributed by atoms with Gasteiger partial charge in [0.15, 0.2) is 0 Å². The normalized spacial score (nSPS) is 14.7. The van der Waals surface area contributed by atoms with Crippen molar-refractivity contribution in [2.75, 3.05) is 0 Å². The van der Waals surface area contributed by atoms with E-state index in [-0.39, 0.29) is 0 Å². The van der Waals surface area contributed by atoms with E-state index in [1.807, 2.05) is 6.07 Å². The zero-order valence-electron chi connectivity index (χ0n) is 24.7. The van der Waals surface area contributed by atoms with Crippen molar-refractivity contribution in [3.05, 3.63) is 169 Å². The van der Waals surface area contributed by atoms with E-state index in [0.29, 0.717) is 0 Å². The van der Waals surface area contributed by atoms with Gasteiger partial charge in [-0.3, -0.25) is 0 Å². The lowest BCUT2D eigenvalue weighted by Gasteiger charge is -2.16. The Hall–Kier alpha value is -5.86.